The molecule has 2 aromatic carbocycles. The van der Waals surface area contributed by atoms with E-state index in [9.17, 15) is 9.59 Å². The molecule has 0 unspecified atom stereocenters. The molecule has 158 valence electrons. The summed E-state index contributed by atoms with van der Waals surface area (Å²) in [6, 6.07) is 21.7. The SMILES string of the molecule is CC(=O)Nc1ccc(C(=O)N2CCC[C@@H](c3cc(-c4ccccc4)cc(C)n3)C2)cc1. The highest BCUT2D eigenvalue weighted by atomic mass is 16.2. The largest absolute Gasteiger partial charge is 0.338 e. The summed E-state index contributed by atoms with van der Waals surface area (Å²) in [6.07, 6.45) is 1.98. The molecule has 1 aliphatic heterocycles. The van der Waals surface area contributed by atoms with Crippen molar-refractivity contribution in [2.24, 2.45) is 0 Å². The fourth-order valence-electron chi connectivity index (χ4n) is 4.19. The van der Waals surface area contributed by atoms with E-state index in [0.717, 1.165) is 30.8 Å². The van der Waals surface area contributed by atoms with Crippen molar-refractivity contribution < 1.29 is 9.59 Å². The first-order valence-corrected chi connectivity index (χ1v) is 10.7. The quantitative estimate of drug-likeness (QED) is 0.652. The Bertz CT molecular complexity index is 1080. The Kier molecular flexibility index (Phi) is 6.12. The Labute approximate surface area is 183 Å². The molecule has 1 fully saturated rings. The van der Waals surface area contributed by atoms with Crippen LogP contribution in [0.2, 0.25) is 0 Å². The molecule has 0 aliphatic carbocycles. The van der Waals surface area contributed by atoms with Gasteiger partial charge < -0.3 is 10.2 Å². The highest BCUT2D eigenvalue weighted by molar-refractivity contribution is 5.95. The predicted molar refractivity (Wildman–Crippen MR) is 123 cm³/mol. The molecule has 0 saturated carbocycles. The topological polar surface area (TPSA) is 62.3 Å². The second-order valence-corrected chi connectivity index (χ2v) is 8.14. The minimum absolute atomic E-state index is 0.0232. The van der Waals surface area contributed by atoms with E-state index in [1.807, 2.05) is 30.0 Å². The summed E-state index contributed by atoms with van der Waals surface area (Å²) in [5.74, 6) is 0.118. The Morgan fingerprint density at radius 3 is 2.45 bits per heavy atom. The van der Waals surface area contributed by atoms with Crippen LogP contribution in [0.1, 0.15) is 47.4 Å². The van der Waals surface area contributed by atoms with Crippen LogP contribution in [0.3, 0.4) is 0 Å². The van der Waals surface area contributed by atoms with E-state index < -0.39 is 0 Å². The van der Waals surface area contributed by atoms with Crippen molar-refractivity contribution >= 4 is 17.5 Å². The molecule has 3 aromatic rings. The van der Waals surface area contributed by atoms with Gasteiger partial charge in [-0.1, -0.05) is 30.3 Å². The summed E-state index contributed by atoms with van der Waals surface area (Å²) < 4.78 is 0. The van der Waals surface area contributed by atoms with E-state index in [-0.39, 0.29) is 17.7 Å². The number of anilines is 1. The maximum absolute atomic E-state index is 13.1. The van der Waals surface area contributed by atoms with E-state index in [0.29, 0.717) is 17.8 Å². The van der Waals surface area contributed by atoms with E-state index >= 15 is 0 Å². The summed E-state index contributed by atoms with van der Waals surface area (Å²) >= 11 is 0. The van der Waals surface area contributed by atoms with Crippen molar-refractivity contribution in [1.82, 2.24) is 9.88 Å². The van der Waals surface area contributed by atoms with Crippen molar-refractivity contribution in [2.45, 2.75) is 32.6 Å². The molecular formula is C26H27N3O2. The van der Waals surface area contributed by atoms with Gasteiger partial charge >= 0.3 is 0 Å². The van der Waals surface area contributed by atoms with Gasteiger partial charge in [0.1, 0.15) is 0 Å². The number of aryl methyl sites for hydroxylation is 1. The number of hydrogen-bond acceptors (Lipinski definition) is 3. The standard InChI is InChI=1S/C26H27N3O2/c1-18-15-23(20-7-4-3-5-8-20)16-25(27-18)22-9-6-14-29(17-22)26(31)21-10-12-24(13-11-21)28-19(2)30/h3-5,7-8,10-13,15-16,22H,6,9,14,17H2,1-2H3,(H,28,30)/t22-/m1/s1. The number of hydrogen-bond donors (Lipinski definition) is 1. The third kappa shape index (κ3) is 5.00. The van der Waals surface area contributed by atoms with Crippen LogP contribution in [0.5, 0.6) is 0 Å². The van der Waals surface area contributed by atoms with E-state index in [1.165, 1.54) is 18.1 Å². The first kappa shape index (κ1) is 20.8. The lowest BCUT2D eigenvalue weighted by Gasteiger charge is -2.33. The Morgan fingerprint density at radius 1 is 1.00 bits per heavy atom. The van der Waals surface area contributed by atoms with Gasteiger partial charge in [-0.2, -0.15) is 0 Å². The minimum atomic E-state index is -0.126. The maximum Gasteiger partial charge on any atom is 0.253 e. The Morgan fingerprint density at radius 2 is 1.74 bits per heavy atom. The number of amides is 2. The monoisotopic (exact) mass is 413 g/mol. The van der Waals surface area contributed by atoms with Crippen molar-refractivity contribution in [2.75, 3.05) is 18.4 Å². The van der Waals surface area contributed by atoms with Crippen LogP contribution in [0, 0.1) is 6.92 Å². The highest BCUT2D eigenvalue weighted by Crippen LogP contribution is 2.30. The number of likely N-dealkylation sites (tertiary alicyclic amines) is 1. The lowest BCUT2D eigenvalue weighted by molar-refractivity contribution is -0.114. The molecule has 1 aliphatic rings. The predicted octanol–water partition coefficient (Wildman–Crippen LogP) is 5.04. The number of aromatic nitrogens is 1. The molecule has 1 saturated heterocycles. The maximum atomic E-state index is 13.1. The minimum Gasteiger partial charge on any atom is -0.338 e. The zero-order valence-electron chi connectivity index (χ0n) is 18.0. The van der Waals surface area contributed by atoms with E-state index in [1.54, 1.807) is 24.3 Å². The summed E-state index contributed by atoms with van der Waals surface area (Å²) in [4.78, 5) is 31.0. The van der Waals surface area contributed by atoms with Gasteiger partial charge in [-0.25, -0.2) is 0 Å². The van der Waals surface area contributed by atoms with E-state index in [4.69, 9.17) is 4.98 Å². The summed E-state index contributed by atoms with van der Waals surface area (Å²) in [6.45, 7) is 4.91. The van der Waals surface area contributed by atoms with Crippen LogP contribution in [0.15, 0.2) is 66.7 Å². The zero-order valence-corrected chi connectivity index (χ0v) is 18.0. The van der Waals surface area contributed by atoms with Crippen LogP contribution >= 0.6 is 0 Å². The van der Waals surface area contributed by atoms with Gasteiger partial charge in [0.2, 0.25) is 5.91 Å². The summed E-state index contributed by atoms with van der Waals surface area (Å²) in [5.41, 5.74) is 5.72. The molecular weight excluding hydrogens is 386 g/mol. The van der Waals surface area contributed by atoms with Gasteiger partial charge in [-0.3, -0.25) is 14.6 Å². The number of carbonyl (C=O) groups excluding carboxylic acids is 2. The van der Waals surface area contributed by atoms with Crippen LogP contribution in [0.25, 0.3) is 11.1 Å². The number of benzene rings is 2. The van der Waals surface area contributed by atoms with Gasteiger partial charge in [0.15, 0.2) is 0 Å². The van der Waals surface area contributed by atoms with Crippen molar-refractivity contribution in [3.05, 3.63) is 83.7 Å². The first-order valence-electron chi connectivity index (χ1n) is 10.7. The van der Waals surface area contributed by atoms with Crippen molar-refractivity contribution in [3.8, 4) is 11.1 Å². The lowest BCUT2D eigenvalue weighted by atomic mass is 9.92. The smallest absolute Gasteiger partial charge is 0.253 e. The molecule has 2 amide bonds. The van der Waals surface area contributed by atoms with Gasteiger partial charge in [0, 0.05) is 48.6 Å². The third-order valence-electron chi connectivity index (χ3n) is 5.66. The molecule has 1 N–H and O–H groups in total. The molecule has 0 spiro atoms. The van der Waals surface area contributed by atoms with Crippen LogP contribution in [0.4, 0.5) is 5.69 Å². The van der Waals surface area contributed by atoms with Crippen molar-refractivity contribution in [3.63, 3.8) is 0 Å². The molecule has 2 heterocycles. The molecule has 5 nitrogen and oxygen atoms in total. The van der Waals surface area contributed by atoms with E-state index in [2.05, 4.69) is 29.6 Å². The second-order valence-electron chi connectivity index (χ2n) is 8.14. The molecule has 0 radical (unpaired) electrons. The second kappa shape index (κ2) is 9.13. The van der Waals surface area contributed by atoms with Gasteiger partial charge in [-0.15, -0.1) is 0 Å². The summed E-state index contributed by atoms with van der Waals surface area (Å²) in [7, 11) is 0. The molecule has 31 heavy (non-hydrogen) atoms. The number of rotatable bonds is 4. The highest BCUT2D eigenvalue weighted by Gasteiger charge is 2.26. The van der Waals surface area contributed by atoms with Crippen LogP contribution in [-0.4, -0.2) is 34.8 Å². The van der Waals surface area contributed by atoms with Crippen LogP contribution in [-0.2, 0) is 4.79 Å². The number of nitrogens with one attached hydrogen (secondary N) is 1. The first-order chi connectivity index (χ1) is 15.0. The lowest BCUT2D eigenvalue weighted by Crippen LogP contribution is -2.39. The van der Waals surface area contributed by atoms with Gasteiger partial charge in [-0.05, 0) is 67.3 Å². The van der Waals surface area contributed by atoms with Crippen LogP contribution < -0.4 is 5.32 Å². The number of carbonyl (C=O) groups is 2. The number of pyridine rings is 1. The van der Waals surface area contributed by atoms with Crippen molar-refractivity contribution in [1.29, 1.82) is 0 Å². The average molecular weight is 414 g/mol. The zero-order chi connectivity index (χ0) is 21.8. The fraction of sp³-hybridized carbons (Fsp3) is 0.269. The van der Waals surface area contributed by atoms with Gasteiger partial charge in [0.25, 0.3) is 5.91 Å². The average Bonchev–Trinajstić information content (AvgIpc) is 2.79. The molecule has 1 atom stereocenters. The molecule has 1 aromatic heterocycles. The third-order valence-corrected chi connectivity index (χ3v) is 5.66. The van der Waals surface area contributed by atoms with Gasteiger partial charge in [0.05, 0.1) is 0 Å². The Hall–Kier alpha value is -3.47. The summed E-state index contributed by atoms with van der Waals surface area (Å²) in [5, 5.41) is 2.73. The molecule has 5 heteroatoms. The normalized spacial score (nSPS) is 16.1. The number of nitrogens with zero attached hydrogens (tertiary/aromatic N) is 2. The molecule has 0 bridgehead atoms. The Balaban J connectivity index is 1.51. The number of piperidine rings is 1. The molecule has 4 rings (SSSR count). The fourth-order valence-corrected chi connectivity index (χ4v) is 4.19.